The molecule has 0 aliphatic heterocycles. The normalized spacial score (nSPS) is 10.5. The highest BCUT2D eigenvalue weighted by molar-refractivity contribution is 5.95. The summed E-state index contributed by atoms with van der Waals surface area (Å²) < 4.78 is 23.6. The van der Waals surface area contributed by atoms with Gasteiger partial charge in [0, 0.05) is 30.3 Å². The van der Waals surface area contributed by atoms with Crippen LogP contribution in [0.1, 0.15) is 31.1 Å². The largest absolute Gasteiger partial charge is 0.497 e. The van der Waals surface area contributed by atoms with Crippen LogP contribution in [0.4, 0.5) is 0 Å². The number of amides is 1. The van der Waals surface area contributed by atoms with Crippen LogP contribution in [0.3, 0.4) is 0 Å². The van der Waals surface area contributed by atoms with Gasteiger partial charge < -0.3 is 24.3 Å². The summed E-state index contributed by atoms with van der Waals surface area (Å²) in [4.78, 5) is 29.7. The van der Waals surface area contributed by atoms with Crippen LogP contribution in [-0.4, -0.2) is 48.9 Å². The first-order valence-corrected chi connectivity index (χ1v) is 11.6. The summed E-state index contributed by atoms with van der Waals surface area (Å²) >= 11 is 0. The summed E-state index contributed by atoms with van der Waals surface area (Å²) in [6, 6.07) is 12.0. The molecule has 0 bridgehead atoms. The lowest BCUT2D eigenvalue weighted by Crippen LogP contribution is -2.30. The SMILES string of the molecule is CCOc1cc(C(=O)NCCn2cnc(-c3ccc(OC)cc3)cc2=O)cc(OCC)c1OCC. The molecule has 3 rings (SSSR count). The van der Waals surface area contributed by atoms with E-state index in [4.69, 9.17) is 18.9 Å². The Kier molecular flexibility index (Phi) is 9.11. The van der Waals surface area contributed by atoms with Gasteiger partial charge in [0.25, 0.3) is 11.5 Å². The van der Waals surface area contributed by atoms with Gasteiger partial charge in [0.15, 0.2) is 11.5 Å². The van der Waals surface area contributed by atoms with Crippen molar-refractivity contribution in [2.75, 3.05) is 33.5 Å². The number of hydrogen-bond donors (Lipinski definition) is 1. The van der Waals surface area contributed by atoms with Crippen LogP contribution in [0.25, 0.3) is 11.3 Å². The zero-order valence-electron chi connectivity index (χ0n) is 20.5. The summed E-state index contributed by atoms with van der Waals surface area (Å²) in [6.45, 7) is 7.36. The van der Waals surface area contributed by atoms with Crippen LogP contribution in [0.5, 0.6) is 23.0 Å². The molecule has 1 N–H and O–H groups in total. The van der Waals surface area contributed by atoms with Crippen LogP contribution in [0.15, 0.2) is 53.6 Å². The first-order chi connectivity index (χ1) is 17.0. The number of methoxy groups -OCH3 is 1. The second kappa shape index (κ2) is 12.5. The van der Waals surface area contributed by atoms with Crippen LogP contribution >= 0.6 is 0 Å². The number of nitrogens with one attached hydrogen (secondary N) is 1. The third-order valence-corrected chi connectivity index (χ3v) is 5.07. The van der Waals surface area contributed by atoms with Gasteiger partial charge in [0.2, 0.25) is 5.75 Å². The zero-order valence-corrected chi connectivity index (χ0v) is 20.5. The molecule has 3 aromatic rings. The predicted molar refractivity (Wildman–Crippen MR) is 133 cm³/mol. The number of benzene rings is 2. The number of aromatic nitrogens is 2. The molecule has 1 amide bonds. The molecule has 0 aliphatic rings. The van der Waals surface area contributed by atoms with Crippen molar-refractivity contribution >= 4 is 5.91 Å². The lowest BCUT2D eigenvalue weighted by molar-refractivity contribution is 0.0951. The molecule has 0 saturated carbocycles. The van der Waals surface area contributed by atoms with Gasteiger partial charge in [-0.25, -0.2) is 4.98 Å². The summed E-state index contributed by atoms with van der Waals surface area (Å²) in [7, 11) is 1.60. The number of ether oxygens (including phenoxy) is 4. The van der Waals surface area contributed by atoms with Crippen LogP contribution in [-0.2, 0) is 6.54 Å². The van der Waals surface area contributed by atoms with E-state index < -0.39 is 0 Å². The number of hydrogen-bond acceptors (Lipinski definition) is 7. The van der Waals surface area contributed by atoms with Gasteiger partial charge in [0.1, 0.15) is 5.75 Å². The van der Waals surface area contributed by atoms with Crippen molar-refractivity contribution in [1.29, 1.82) is 0 Å². The van der Waals surface area contributed by atoms with E-state index in [0.29, 0.717) is 48.3 Å². The van der Waals surface area contributed by atoms with Crippen molar-refractivity contribution in [1.82, 2.24) is 14.9 Å². The zero-order chi connectivity index (χ0) is 25.2. The van der Waals surface area contributed by atoms with Crippen molar-refractivity contribution < 1.29 is 23.7 Å². The van der Waals surface area contributed by atoms with E-state index in [1.54, 1.807) is 19.2 Å². The molecule has 0 unspecified atom stereocenters. The molecule has 0 radical (unpaired) electrons. The first kappa shape index (κ1) is 25.6. The van der Waals surface area contributed by atoms with Crippen LogP contribution < -0.4 is 29.8 Å². The Bertz CT molecular complexity index is 1160. The number of carbonyl (C=O) groups excluding carboxylic acids is 1. The minimum Gasteiger partial charge on any atom is -0.497 e. The van der Waals surface area contributed by atoms with Crippen molar-refractivity contribution in [3.8, 4) is 34.3 Å². The van der Waals surface area contributed by atoms with Crippen molar-refractivity contribution in [2.45, 2.75) is 27.3 Å². The van der Waals surface area contributed by atoms with E-state index in [1.165, 1.54) is 17.0 Å². The summed E-state index contributed by atoms with van der Waals surface area (Å²) in [5.74, 6) is 1.78. The minimum atomic E-state index is -0.314. The number of rotatable bonds is 12. The Hall–Kier alpha value is -4.01. The van der Waals surface area contributed by atoms with E-state index in [-0.39, 0.29) is 24.6 Å². The van der Waals surface area contributed by atoms with Gasteiger partial charge in [-0.15, -0.1) is 0 Å². The lowest BCUT2D eigenvalue weighted by atomic mass is 10.1. The lowest BCUT2D eigenvalue weighted by Gasteiger charge is -2.17. The second-order valence-electron chi connectivity index (χ2n) is 7.39. The minimum absolute atomic E-state index is 0.210. The van der Waals surface area contributed by atoms with Gasteiger partial charge in [-0.1, -0.05) is 0 Å². The van der Waals surface area contributed by atoms with Crippen molar-refractivity contribution in [3.63, 3.8) is 0 Å². The van der Waals surface area contributed by atoms with Gasteiger partial charge in [-0.05, 0) is 57.2 Å². The Morgan fingerprint density at radius 2 is 1.57 bits per heavy atom. The molecule has 9 nitrogen and oxygen atoms in total. The van der Waals surface area contributed by atoms with Gasteiger partial charge in [-0.3, -0.25) is 14.2 Å². The fraction of sp³-hybridized carbons (Fsp3) is 0.346. The maximum atomic E-state index is 12.8. The van der Waals surface area contributed by atoms with E-state index >= 15 is 0 Å². The van der Waals surface area contributed by atoms with Crippen LogP contribution in [0.2, 0.25) is 0 Å². The Balaban J connectivity index is 1.68. The summed E-state index contributed by atoms with van der Waals surface area (Å²) in [6.07, 6.45) is 1.48. The average Bonchev–Trinajstić information content (AvgIpc) is 2.87. The molecule has 0 spiro atoms. The molecule has 1 aromatic heterocycles. The van der Waals surface area contributed by atoms with Crippen molar-refractivity contribution in [3.05, 3.63) is 64.7 Å². The van der Waals surface area contributed by atoms with E-state index in [2.05, 4.69) is 10.3 Å². The van der Waals surface area contributed by atoms with Gasteiger partial charge in [-0.2, -0.15) is 0 Å². The van der Waals surface area contributed by atoms with E-state index in [0.717, 1.165) is 11.3 Å². The number of carbonyl (C=O) groups is 1. The predicted octanol–water partition coefficient (Wildman–Crippen LogP) is 3.55. The Morgan fingerprint density at radius 1 is 0.943 bits per heavy atom. The maximum Gasteiger partial charge on any atom is 0.253 e. The topological polar surface area (TPSA) is 101 Å². The maximum absolute atomic E-state index is 12.8. The highest BCUT2D eigenvalue weighted by atomic mass is 16.5. The molecule has 0 aliphatic carbocycles. The second-order valence-corrected chi connectivity index (χ2v) is 7.39. The molecule has 0 saturated heterocycles. The van der Waals surface area contributed by atoms with E-state index in [1.807, 2.05) is 45.0 Å². The molecule has 0 fully saturated rings. The molecule has 1 heterocycles. The highest BCUT2D eigenvalue weighted by Gasteiger charge is 2.18. The van der Waals surface area contributed by atoms with Crippen LogP contribution in [0, 0.1) is 0 Å². The molecular weight excluding hydrogens is 450 g/mol. The average molecular weight is 482 g/mol. The smallest absolute Gasteiger partial charge is 0.253 e. The first-order valence-electron chi connectivity index (χ1n) is 11.6. The standard InChI is InChI=1S/C26H31N3O6/c1-5-33-22-14-19(15-23(34-6-2)25(22)35-7-3)26(31)27-12-13-29-17-28-21(16-24(29)30)18-8-10-20(32-4)11-9-18/h8-11,14-17H,5-7,12-13H2,1-4H3,(H,27,31). The third kappa shape index (κ3) is 6.53. The van der Waals surface area contributed by atoms with Gasteiger partial charge >= 0.3 is 0 Å². The Morgan fingerprint density at radius 3 is 2.11 bits per heavy atom. The molecule has 2 aromatic carbocycles. The highest BCUT2D eigenvalue weighted by Crippen LogP contribution is 2.39. The Labute approximate surface area is 204 Å². The van der Waals surface area contributed by atoms with Crippen molar-refractivity contribution in [2.24, 2.45) is 0 Å². The summed E-state index contributed by atoms with van der Waals surface area (Å²) in [5.41, 5.74) is 1.55. The van der Waals surface area contributed by atoms with Gasteiger partial charge in [0.05, 0.1) is 39.0 Å². The quantitative estimate of drug-likeness (QED) is 0.422. The molecule has 35 heavy (non-hydrogen) atoms. The molecular formula is C26H31N3O6. The monoisotopic (exact) mass is 481 g/mol. The molecule has 0 atom stereocenters. The number of nitrogens with zero attached hydrogens (tertiary/aromatic N) is 2. The summed E-state index contributed by atoms with van der Waals surface area (Å²) in [5, 5.41) is 2.83. The van der Waals surface area contributed by atoms with E-state index in [9.17, 15) is 9.59 Å². The third-order valence-electron chi connectivity index (χ3n) is 5.07. The molecule has 9 heteroatoms. The fourth-order valence-electron chi connectivity index (χ4n) is 3.43. The molecule has 186 valence electrons. The fourth-order valence-corrected chi connectivity index (χ4v) is 3.43.